The Morgan fingerprint density at radius 2 is 2.10 bits per heavy atom. The summed E-state index contributed by atoms with van der Waals surface area (Å²) in [7, 11) is 0. The Bertz CT molecular complexity index is 911. The van der Waals surface area contributed by atoms with Crippen molar-refractivity contribution in [2.75, 3.05) is 32.8 Å². The topological polar surface area (TPSA) is 59.1 Å². The summed E-state index contributed by atoms with van der Waals surface area (Å²) < 4.78 is 24.7. The molecule has 0 N–H and O–H groups in total. The molecule has 1 aromatic heterocycles. The van der Waals surface area contributed by atoms with E-state index in [1.807, 2.05) is 16.3 Å². The van der Waals surface area contributed by atoms with Gasteiger partial charge in [0.05, 0.1) is 18.7 Å². The van der Waals surface area contributed by atoms with Gasteiger partial charge in [0.1, 0.15) is 18.2 Å². The number of ether oxygens (including phenoxy) is 2. The third-order valence-corrected chi connectivity index (χ3v) is 6.85. The molecule has 31 heavy (non-hydrogen) atoms. The Balaban J connectivity index is 1.46. The van der Waals surface area contributed by atoms with Crippen molar-refractivity contribution in [3.05, 3.63) is 52.0 Å². The van der Waals surface area contributed by atoms with Crippen molar-refractivity contribution < 1.29 is 23.5 Å². The number of thiophene rings is 1. The second-order valence-electron chi connectivity index (χ2n) is 7.95. The summed E-state index contributed by atoms with van der Waals surface area (Å²) in [6, 6.07) is 7.66. The molecular weight excluding hydrogens is 419 g/mol. The normalized spacial score (nSPS) is 20.4. The second-order valence-corrected chi connectivity index (χ2v) is 8.95. The molecule has 8 heteroatoms. The van der Waals surface area contributed by atoms with E-state index in [2.05, 4.69) is 0 Å². The summed E-state index contributed by atoms with van der Waals surface area (Å²) in [6.07, 6.45) is 2.69. The molecule has 1 fully saturated rings. The summed E-state index contributed by atoms with van der Waals surface area (Å²) in [4.78, 5) is 30.1. The predicted octanol–water partition coefficient (Wildman–Crippen LogP) is 3.42. The van der Waals surface area contributed by atoms with Crippen LogP contribution in [0.3, 0.4) is 0 Å². The number of fused-ring (bicyclic) bond motifs is 1. The summed E-state index contributed by atoms with van der Waals surface area (Å²) >= 11 is 1.68. The highest BCUT2D eigenvalue weighted by Gasteiger charge is 2.33. The molecule has 0 radical (unpaired) electrons. The minimum absolute atomic E-state index is 0.000798. The largest absolute Gasteiger partial charge is 0.491 e. The fourth-order valence-corrected chi connectivity index (χ4v) is 5.10. The molecule has 2 amide bonds. The van der Waals surface area contributed by atoms with Gasteiger partial charge in [-0.15, -0.1) is 11.3 Å². The van der Waals surface area contributed by atoms with Crippen molar-refractivity contribution in [2.24, 2.45) is 0 Å². The highest BCUT2D eigenvalue weighted by molar-refractivity contribution is 7.10. The zero-order valence-corrected chi connectivity index (χ0v) is 18.4. The van der Waals surface area contributed by atoms with Crippen LogP contribution in [-0.2, 0) is 20.7 Å². The first kappa shape index (κ1) is 21.8. The molecule has 2 aliphatic rings. The lowest BCUT2D eigenvalue weighted by molar-refractivity contribution is -0.142. The molecule has 1 aromatic carbocycles. The molecule has 0 saturated carbocycles. The van der Waals surface area contributed by atoms with Crippen molar-refractivity contribution in [2.45, 2.75) is 38.3 Å². The molecule has 6 nitrogen and oxygen atoms in total. The minimum Gasteiger partial charge on any atom is -0.491 e. The van der Waals surface area contributed by atoms with Gasteiger partial charge in [0.25, 0.3) is 0 Å². The lowest BCUT2D eigenvalue weighted by Gasteiger charge is -2.37. The Morgan fingerprint density at radius 1 is 1.29 bits per heavy atom. The Morgan fingerprint density at radius 3 is 2.81 bits per heavy atom. The molecule has 2 aromatic rings. The first-order valence-corrected chi connectivity index (χ1v) is 11.5. The van der Waals surface area contributed by atoms with Crippen LogP contribution in [0, 0.1) is 5.82 Å². The van der Waals surface area contributed by atoms with Crippen LogP contribution in [0.25, 0.3) is 0 Å². The molecule has 166 valence electrons. The maximum atomic E-state index is 13.3. The third-order valence-electron chi connectivity index (χ3n) is 5.86. The van der Waals surface area contributed by atoms with Gasteiger partial charge in [-0.2, -0.15) is 0 Å². The molecule has 0 aliphatic carbocycles. The summed E-state index contributed by atoms with van der Waals surface area (Å²) in [5, 5.41) is 2.03. The number of halogens is 1. The lowest BCUT2D eigenvalue weighted by atomic mass is 10.0. The summed E-state index contributed by atoms with van der Waals surface area (Å²) in [6.45, 7) is 3.52. The molecule has 2 atom stereocenters. The van der Waals surface area contributed by atoms with E-state index in [1.54, 1.807) is 28.4 Å². The Labute approximate surface area is 185 Å². The zero-order valence-electron chi connectivity index (χ0n) is 17.6. The number of hydrogen-bond donors (Lipinski definition) is 0. The number of hydrogen-bond acceptors (Lipinski definition) is 5. The van der Waals surface area contributed by atoms with Crippen LogP contribution in [0.2, 0.25) is 0 Å². The SMILES string of the molecule is CC(=O)N(CC(=O)N1CCc2sccc2[C@@H]1COc1ccc(F)cc1)C[C@@H]1CCCO1. The number of carbonyl (C=O) groups excluding carboxylic acids is 2. The van der Waals surface area contributed by atoms with Crippen LogP contribution < -0.4 is 4.74 Å². The average molecular weight is 447 g/mol. The number of benzene rings is 1. The van der Waals surface area contributed by atoms with Gasteiger partial charge in [-0.1, -0.05) is 0 Å². The van der Waals surface area contributed by atoms with Crippen LogP contribution in [-0.4, -0.2) is 60.6 Å². The Kier molecular flexibility index (Phi) is 6.87. The van der Waals surface area contributed by atoms with Gasteiger partial charge >= 0.3 is 0 Å². The number of rotatable bonds is 7. The number of amides is 2. The number of nitrogens with zero attached hydrogens (tertiary/aromatic N) is 2. The van der Waals surface area contributed by atoms with Crippen molar-refractivity contribution in [1.29, 1.82) is 0 Å². The van der Waals surface area contributed by atoms with E-state index < -0.39 is 0 Å². The lowest BCUT2D eigenvalue weighted by Crippen LogP contribution is -2.48. The number of carbonyl (C=O) groups is 2. The van der Waals surface area contributed by atoms with Gasteiger partial charge in [-0.3, -0.25) is 9.59 Å². The van der Waals surface area contributed by atoms with Crippen LogP contribution in [0.4, 0.5) is 4.39 Å². The molecule has 1 saturated heterocycles. The molecule has 2 aliphatic heterocycles. The van der Waals surface area contributed by atoms with Gasteiger partial charge < -0.3 is 19.3 Å². The molecule has 0 unspecified atom stereocenters. The molecule has 4 rings (SSSR count). The van der Waals surface area contributed by atoms with Crippen LogP contribution in [0.5, 0.6) is 5.75 Å². The van der Waals surface area contributed by atoms with Gasteiger partial charge in [0, 0.05) is 31.5 Å². The van der Waals surface area contributed by atoms with Gasteiger partial charge in [0.2, 0.25) is 11.8 Å². The van der Waals surface area contributed by atoms with Gasteiger partial charge in [-0.25, -0.2) is 4.39 Å². The second kappa shape index (κ2) is 9.78. The maximum Gasteiger partial charge on any atom is 0.242 e. The van der Waals surface area contributed by atoms with E-state index in [1.165, 1.54) is 23.9 Å². The van der Waals surface area contributed by atoms with Gasteiger partial charge in [-0.05, 0) is 60.5 Å². The molecule has 0 spiro atoms. The van der Waals surface area contributed by atoms with Crippen LogP contribution >= 0.6 is 11.3 Å². The minimum atomic E-state index is -0.322. The maximum absolute atomic E-state index is 13.3. The fraction of sp³-hybridized carbons (Fsp3) is 0.478. The smallest absolute Gasteiger partial charge is 0.242 e. The first-order valence-electron chi connectivity index (χ1n) is 10.6. The van der Waals surface area contributed by atoms with Crippen LogP contribution in [0.15, 0.2) is 35.7 Å². The van der Waals surface area contributed by atoms with Crippen molar-refractivity contribution in [3.8, 4) is 5.75 Å². The summed E-state index contributed by atoms with van der Waals surface area (Å²) in [5.41, 5.74) is 1.08. The first-order chi connectivity index (χ1) is 15.0. The quantitative estimate of drug-likeness (QED) is 0.654. The van der Waals surface area contributed by atoms with E-state index in [-0.39, 0.29) is 42.9 Å². The zero-order chi connectivity index (χ0) is 21.8. The molecular formula is C23H27FN2O4S. The van der Waals surface area contributed by atoms with Crippen molar-refractivity contribution >= 4 is 23.2 Å². The van der Waals surface area contributed by atoms with Crippen molar-refractivity contribution in [1.82, 2.24) is 9.80 Å². The third kappa shape index (κ3) is 5.25. The van der Waals surface area contributed by atoms with Crippen molar-refractivity contribution in [3.63, 3.8) is 0 Å². The van der Waals surface area contributed by atoms with E-state index in [0.717, 1.165) is 24.8 Å². The van der Waals surface area contributed by atoms with Crippen LogP contribution in [0.1, 0.15) is 36.2 Å². The standard InChI is InChI=1S/C23H27FN2O4S/c1-16(27)25(13-19-3-2-11-29-19)14-23(28)26-10-8-22-20(9-12-31-22)21(26)15-30-18-6-4-17(24)5-7-18/h4-7,9,12,19,21H,2-3,8,10-11,13-15H2,1H3/t19-,21-/m0/s1. The monoisotopic (exact) mass is 446 g/mol. The summed E-state index contributed by atoms with van der Waals surface area (Å²) in [5.74, 6) is 0.00588. The highest BCUT2D eigenvalue weighted by atomic mass is 32.1. The molecule has 3 heterocycles. The molecule has 0 bridgehead atoms. The Hall–Kier alpha value is -2.45. The van der Waals surface area contributed by atoms with E-state index >= 15 is 0 Å². The average Bonchev–Trinajstić information content (AvgIpc) is 3.44. The van der Waals surface area contributed by atoms with Gasteiger partial charge in [0.15, 0.2) is 0 Å². The fourth-order valence-electron chi connectivity index (χ4n) is 4.17. The predicted molar refractivity (Wildman–Crippen MR) is 116 cm³/mol. The van der Waals surface area contributed by atoms with E-state index in [0.29, 0.717) is 25.4 Å². The van der Waals surface area contributed by atoms with E-state index in [4.69, 9.17) is 9.47 Å². The highest BCUT2D eigenvalue weighted by Crippen LogP contribution is 2.34. The van der Waals surface area contributed by atoms with E-state index in [9.17, 15) is 14.0 Å².